The van der Waals surface area contributed by atoms with Crippen molar-refractivity contribution in [2.45, 2.75) is 24.9 Å². The third-order valence-electron chi connectivity index (χ3n) is 3.19. The maximum absolute atomic E-state index is 11.8. The van der Waals surface area contributed by atoms with Gasteiger partial charge in [0, 0.05) is 29.9 Å². The van der Waals surface area contributed by atoms with Crippen LogP contribution in [0.2, 0.25) is 0 Å². The van der Waals surface area contributed by atoms with Crippen LogP contribution in [-0.2, 0) is 16.0 Å². The second-order valence-corrected chi connectivity index (χ2v) is 5.61. The highest BCUT2D eigenvalue weighted by Gasteiger charge is 2.36. The van der Waals surface area contributed by atoms with Crippen LogP contribution < -0.4 is 5.73 Å². The average molecular weight is 327 g/mol. The molecule has 1 aromatic rings. The predicted molar refractivity (Wildman–Crippen MR) is 73.6 cm³/mol. The number of carboxylic acids is 1. The summed E-state index contributed by atoms with van der Waals surface area (Å²) in [6.45, 7) is 0.312. The number of hydrogen-bond acceptors (Lipinski definition) is 3. The zero-order chi connectivity index (χ0) is 14.0. The van der Waals surface area contributed by atoms with Crippen molar-refractivity contribution in [2.75, 3.05) is 6.54 Å². The first-order valence-corrected chi connectivity index (χ1v) is 6.79. The van der Waals surface area contributed by atoms with E-state index in [1.807, 2.05) is 24.3 Å². The van der Waals surface area contributed by atoms with Gasteiger partial charge in [-0.05, 0) is 17.7 Å². The molecule has 0 saturated carbocycles. The van der Waals surface area contributed by atoms with Gasteiger partial charge in [0.2, 0.25) is 5.91 Å². The van der Waals surface area contributed by atoms with Crippen molar-refractivity contribution in [1.29, 1.82) is 0 Å². The third-order valence-corrected chi connectivity index (χ3v) is 3.72. The average Bonchev–Trinajstić information content (AvgIpc) is 2.67. The lowest BCUT2D eigenvalue weighted by atomic mass is 10.1. The molecule has 1 aliphatic heterocycles. The number of nitrogens with zero attached hydrogens (tertiary/aromatic N) is 1. The fourth-order valence-electron chi connectivity index (χ4n) is 2.24. The highest BCUT2D eigenvalue weighted by molar-refractivity contribution is 9.10. The Kier molecular flexibility index (Phi) is 4.21. The van der Waals surface area contributed by atoms with Crippen LogP contribution in [0, 0.1) is 0 Å². The molecule has 6 heteroatoms. The Hall–Kier alpha value is -1.40. The smallest absolute Gasteiger partial charge is 0.326 e. The van der Waals surface area contributed by atoms with Gasteiger partial charge in [-0.15, -0.1) is 0 Å². The van der Waals surface area contributed by atoms with E-state index in [1.54, 1.807) is 0 Å². The van der Waals surface area contributed by atoms with E-state index in [9.17, 15) is 14.7 Å². The molecule has 1 aliphatic rings. The van der Waals surface area contributed by atoms with Crippen LogP contribution in [0.3, 0.4) is 0 Å². The number of carbonyl (C=O) groups is 2. The molecule has 1 heterocycles. The molecule has 1 amide bonds. The molecule has 0 aliphatic carbocycles. The maximum atomic E-state index is 11.8. The Morgan fingerprint density at radius 3 is 2.58 bits per heavy atom. The lowest BCUT2D eigenvalue weighted by Crippen LogP contribution is -2.44. The Bertz CT molecular complexity index is 489. The fraction of sp³-hybridized carbons (Fsp3) is 0.385. The van der Waals surface area contributed by atoms with Gasteiger partial charge in [-0.2, -0.15) is 0 Å². The third kappa shape index (κ3) is 3.33. The van der Waals surface area contributed by atoms with Crippen molar-refractivity contribution in [3.8, 4) is 0 Å². The molecule has 102 valence electrons. The van der Waals surface area contributed by atoms with Crippen LogP contribution in [0.1, 0.15) is 12.0 Å². The molecular formula is C13H15BrN2O3. The van der Waals surface area contributed by atoms with Crippen molar-refractivity contribution in [2.24, 2.45) is 5.73 Å². The summed E-state index contributed by atoms with van der Waals surface area (Å²) in [6.07, 6.45) is 0.519. The standard InChI is InChI=1S/C13H15BrN2O3/c14-9-3-1-8(2-4-9)5-11(13(18)19)16-7-10(15)6-12(16)17/h1-4,10-11H,5-7,15H2,(H,18,19). The molecule has 2 unspecified atom stereocenters. The van der Waals surface area contributed by atoms with E-state index in [0.717, 1.165) is 10.0 Å². The van der Waals surface area contributed by atoms with Gasteiger partial charge in [0.25, 0.3) is 0 Å². The largest absolute Gasteiger partial charge is 0.480 e. The van der Waals surface area contributed by atoms with E-state index in [1.165, 1.54) is 4.90 Å². The molecule has 1 fully saturated rings. The van der Waals surface area contributed by atoms with Gasteiger partial charge in [0.05, 0.1) is 0 Å². The first kappa shape index (κ1) is 14.0. The predicted octanol–water partition coefficient (Wildman–Crippen LogP) is 1.00. The summed E-state index contributed by atoms with van der Waals surface area (Å²) in [6, 6.07) is 6.29. The molecule has 3 N–H and O–H groups in total. The molecule has 19 heavy (non-hydrogen) atoms. The second kappa shape index (κ2) is 5.71. The van der Waals surface area contributed by atoms with Crippen LogP contribution in [0.5, 0.6) is 0 Å². The van der Waals surface area contributed by atoms with E-state index in [-0.39, 0.29) is 18.4 Å². The van der Waals surface area contributed by atoms with Crippen molar-refractivity contribution in [3.63, 3.8) is 0 Å². The summed E-state index contributed by atoms with van der Waals surface area (Å²) in [5.74, 6) is -1.18. The molecule has 2 atom stereocenters. The van der Waals surface area contributed by atoms with Crippen LogP contribution >= 0.6 is 15.9 Å². The highest BCUT2D eigenvalue weighted by Crippen LogP contribution is 2.18. The van der Waals surface area contributed by atoms with Gasteiger partial charge in [-0.3, -0.25) is 4.79 Å². The minimum Gasteiger partial charge on any atom is -0.480 e. The summed E-state index contributed by atoms with van der Waals surface area (Å²) >= 11 is 3.33. The Morgan fingerprint density at radius 2 is 2.11 bits per heavy atom. The Morgan fingerprint density at radius 1 is 1.47 bits per heavy atom. The first-order valence-electron chi connectivity index (χ1n) is 5.99. The number of carboxylic acid groups (broad SMARTS) is 1. The monoisotopic (exact) mass is 326 g/mol. The van der Waals surface area contributed by atoms with Crippen LogP contribution in [-0.4, -0.2) is 40.5 Å². The summed E-state index contributed by atoms with van der Waals surface area (Å²) in [7, 11) is 0. The molecule has 1 saturated heterocycles. The quantitative estimate of drug-likeness (QED) is 0.864. The normalized spacial score (nSPS) is 20.6. The van der Waals surface area contributed by atoms with E-state index in [2.05, 4.69) is 15.9 Å². The number of hydrogen-bond donors (Lipinski definition) is 2. The van der Waals surface area contributed by atoms with Gasteiger partial charge >= 0.3 is 5.97 Å². The number of benzene rings is 1. The van der Waals surface area contributed by atoms with E-state index in [0.29, 0.717) is 13.0 Å². The van der Waals surface area contributed by atoms with E-state index < -0.39 is 12.0 Å². The summed E-state index contributed by atoms with van der Waals surface area (Å²) in [4.78, 5) is 24.5. The lowest BCUT2D eigenvalue weighted by Gasteiger charge is -2.24. The Labute approximate surface area is 119 Å². The van der Waals surface area contributed by atoms with Gasteiger partial charge in [-0.25, -0.2) is 4.79 Å². The number of likely N-dealkylation sites (tertiary alicyclic amines) is 1. The zero-order valence-electron chi connectivity index (χ0n) is 10.3. The zero-order valence-corrected chi connectivity index (χ0v) is 11.8. The second-order valence-electron chi connectivity index (χ2n) is 4.69. The molecule has 0 radical (unpaired) electrons. The van der Waals surface area contributed by atoms with E-state index >= 15 is 0 Å². The highest BCUT2D eigenvalue weighted by atomic mass is 79.9. The van der Waals surface area contributed by atoms with Crippen molar-refractivity contribution in [3.05, 3.63) is 34.3 Å². The topological polar surface area (TPSA) is 83.6 Å². The molecule has 5 nitrogen and oxygen atoms in total. The number of halogens is 1. The minimum absolute atomic E-state index is 0.183. The summed E-state index contributed by atoms with van der Waals surface area (Å²) < 4.78 is 0.933. The minimum atomic E-state index is -0.995. The molecule has 0 aromatic heterocycles. The van der Waals surface area contributed by atoms with Crippen molar-refractivity contribution in [1.82, 2.24) is 4.90 Å². The molecule has 0 bridgehead atoms. The number of nitrogens with two attached hydrogens (primary N) is 1. The first-order chi connectivity index (χ1) is 8.97. The molecular weight excluding hydrogens is 312 g/mol. The molecule has 0 spiro atoms. The number of carbonyl (C=O) groups excluding carboxylic acids is 1. The summed E-state index contributed by atoms with van der Waals surface area (Å²) in [5.41, 5.74) is 6.58. The van der Waals surface area contributed by atoms with Crippen LogP contribution in [0.15, 0.2) is 28.7 Å². The maximum Gasteiger partial charge on any atom is 0.326 e. The van der Waals surface area contributed by atoms with Gasteiger partial charge in [0.15, 0.2) is 0 Å². The molecule has 1 aromatic carbocycles. The van der Waals surface area contributed by atoms with Crippen LogP contribution in [0.25, 0.3) is 0 Å². The summed E-state index contributed by atoms with van der Waals surface area (Å²) in [5, 5.41) is 9.31. The Balaban J connectivity index is 2.15. The van der Waals surface area contributed by atoms with Crippen molar-refractivity contribution < 1.29 is 14.7 Å². The molecule has 2 rings (SSSR count). The van der Waals surface area contributed by atoms with Gasteiger partial charge < -0.3 is 15.7 Å². The van der Waals surface area contributed by atoms with Gasteiger partial charge in [-0.1, -0.05) is 28.1 Å². The van der Waals surface area contributed by atoms with Crippen molar-refractivity contribution >= 4 is 27.8 Å². The number of rotatable bonds is 4. The van der Waals surface area contributed by atoms with Gasteiger partial charge in [0.1, 0.15) is 6.04 Å². The van der Waals surface area contributed by atoms with Crippen LogP contribution in [0.4, 0.5) is 0 Å². The SMILES string of the molecule is NC1CC(=O)N(C(Cc2ccc(Br)cc2)C(=O)O)C1. The number of amides is 1. The van der Waals surface area contributed by atoms with E-state index in [4.69, 9.17) is 5.73 Å². The number of aliphatic carboxylic acids is 1. The lowest BCUT2D eigenvalue weighted by molar-refractivity contribution is -0.148. The fourth-order valence-corrected chi connectivity index (χ4v) is 2.50.